The quantitative estimate of drug-likeness (QED) is 0.374. The molecule has 0 saturated carbocycles. The molecule has 0 aromatic carbocycles. The van der Waals surface area contributed by atoms with Crippen LogP contribution in [0.4, 0.5) is 0 Å². The molecule has 0 N–H and O–H groups in total. The van der Waals surface area contributed by atoms with Crippen LogP contribution in [0.25, 0.3) is 0 Å². The molecule has 0 bridgehead atoms. The number of hydrogen-bond acceptors (Lipinski definition) is 0. The van der Waals surface area contributed by atoms with Crippen LogP contribution in [0.1, 0.15) is 0 Å². The van der Waals surface area contributed by atoms with Gasteiger partial charge in [0.1, 0.15) is 0 Å². The molecule has 0 fully saturated rings. The predicted molar refractivity (Wildman–Crippen MR) is 25.5 cm³/mol. The number of allylic oxidation sites excluding steroid dienone is 2. The normalized spacial score (nSPS) is 5.00. The average Bonchev–Trinajstić information content (AvgIpc) is 1.65. The van der Waals surface area contributed by atoms with E-state index in [1.807, 2.05) is 0 Å². The predicted octanol–water partition coefficient (Wildman–Crippen LogP) is 0.966. The van der Waals surface area contributed by atoms with Crippen molar-refractivity contribution in [2.24, 2.45) is 0 Å². The summed E-state index contributed by atoms with van der Waals surface area (Å²) >= 11 is 0. The van der Waals surface area contributed by atoms with Crippen LogP contribution in [0.15, 0.2) is 11.6 Å². The van der Waals surface area contributed by atoms with Gasteiger partial charge in [-0.15, -0.1) is 0 Å². The van der Waals surface area contributed by atoms with Crippen molar-refractivity contribution in [2.45, 2.75) is 0 Å². The van der Waals surface area contributed by atoms with Crippen molar-refractivity contribution in [3.8, 4) is 12.3 Å². The molecule has 0 aromatic rings. The van der Waals surface area contributed by atoms with Crippen LogP contribution in [-0.4, -0.2) is 0 Å². The Kier molecular flexibility index (Phi) is 8.08. The van der Waals surface area contributed by atoms with Gasteiger partial charge in [0.15, 0.2) is 0 Å². The zero-order chi connectivity index (χ0) is 4.99. The molecule has 0 radical (unpaired) electrons. The van der Waals surface area contributed by atoms with Crippen molar-refractivity contribution < 1.29 is 21.1 Å². The Morgan fingerprint density at radius 1 is 1.71 bits per heavy atom. The first kappa shape index (κ1) is 9.88. The van der Waals surface area contributed by atoms with Gasteiger partial charge < -0.3 is 30.7 Å². The van der Waals surface area contributed by atoms with Crippen molar-refractivity contribution in [1.82, 2.24) is 0 Å². The maximum Gasteiger partial charge on any atom is 2.00 e. The summed E-state index contributed by atoms with van der Waals surface area (Å²) in [5, 5.41) is 0. The van der Waals surface area contributed by atoms with Crippen LogP contribution in [-0.2, 0) is 21.1 Å². The van der Waals surface area contributed by atoms with E-state index < -0.39 is 0 Å². The standard InChI is InChI=1S/C6H4.W/c1-4-6(3)5-2;/h1-4H;/q-2;+2. The largest absolute Gasteiger partial charge is 2.00 e. The molecule has 7 heavy (non-hydrogen) atoms. The summed E-state index contributed by atoms with van der Waals surface area (Å²) in [5.41, 5.74) is 0.273. The third-order valence-corrected chi connectivity index (χ3v) is 0.346. The van der Waals surface area contributed by atoms with Crippen molar-refractivity contribution in [3.63, 3.8) is 0 Å². The van der Waals surface area contributed by atoms with Crippen molar-refractivity contribution >= 4 is 0 Å². The fraction of sp³-hybridized carbons (Fsp3) is 0. The van der Waals surface area contributed by atoms with Crippen LogP contribution in [0.5, 0.6) is 0 Å². The summed E-state index contributed by atoms with van der Waals surface area (Å²) in [6.45, 7) is 9.83. The summed E-state index contributed by atoms with van der Waals surface area (Å²) < 4.78 is 0. The van der Waals surface area contributed by atoms with Gasteiger partial charge >= 0.3 is 21.1 Å². The summed E-state index contributed by atoms with van der Waals surface area (Å²) in [4.78, 5) is 0. The van der Waals surface area contributed by atoms with Gasteiger partial charge in [-0.3, -0.25) is 0 Å². The van der Waals surface area contributed by atoms with Gasteiger partial charge in [0.05, 0.1) is 0 Å². The van der Waals surface area contributed by atoms with Crippen LogP contribution in [0.3, 0.4) is 0 Å². The third kappa shape index (κ3) is 5.73. The Hall–Kier alpha value is -0.272. The Morgan fingerprint density at radius 3 is 2.14 bits per heavy atom. The molecule has 0 unspecified atom stereocenters. The van der Waals surface area contributed by atoms with Gasteiger partial charge in [-0.05, 0) is 0 Å². The van der Waals surface area contributed by atoms with E-state index in [0.29, 0.717) is 0 Å². The van der Waals surface area contributed by atoms with Crippen LogP contribution >= 0.6 is 0 Å². The van der Waals surface area contributed by atoms with Crippen molar-refractivity contribution in [3.05, 3.63) is 24.8 Å². The molecule has 0 aromatic heterocycles. The number of hydrogen-bond donors (Lipinski definition) is 0. The maximum atomic E-state index is 4.97. The third-order valence-electron chi connectivity index (χ3n) is 0.346. The zero-order valence-electron chi connectivity index (χ0n) is 3.72. The molecule has 34 valence electrons. The summed E-state index contributed by atoms with van der Waals surface area (Å²) in [7, 11) is 0. The topological polar surface area (TPSA) is 0 Å². The van der Waals surface area contributed by atoms with Gasteiger partial charge in [-0.1, -0.05) is 0 Å². The van der Waals surface area contributed by atoms with E-state index in [1.54, 1.807) is 0 Å². The van der Waals surface area contributed by atoms with Gasteiger partial charge in [0.2, 0.25) is 0 Å². The Balaban J connectivity index is 0. The maximum absolute atomic E-state index is 4.97. The molecule has 0 amide bonds. The van der Waals surface area contributed by atoms with E-state index in [9.17, 15) is 0 Å². The molecule has 0 spiro atoms. The molecular formula is C6H4W. The van der Waals surface area contributed by atoms with E-state index in [2.05, 4.69) is 5.92 Å². The first-order valence-electron chi connectivity index (χ1n) is 1.45. The molecule has 0 rings (SSSR count). The Morgan fingerprint density at radius 2 is 2.14 bits per heavy atom. The molecule has 0 aliphatic carbocycles. The van der Waals surface area contributed by atoms with Crippen molar-refractivity contribution in [2.75, 3.05) is 0 Å². The minimum Gasteiger partial charge on any atom is -0.361 e. The first-order valence-corrected chi connectivity index (χ1v) is 1.45. The molecule has 0 heterocycles. The van der Waals surface area contributed by atoms with Gasteiger partial charge in [0, 0.05) is 0 Å². The number of rotatable bonds is 1. The molecule has 0 aliphatic heterocycles. The smallest absolute Gasteiger partial charge is 0.361 e. The fourth-order valence-electron chi connectivity index (χ4n) is 0.0481. The molecule has 0 atom stereocenters. The molecule has 0 aliphatic rings. The van der Waals surface area contributed by atoms with Crippen molar-refractivity contribution in [1.29, 1.82) is 0 Å². The van der Waals surface area contributed by atoms with E-state index in [-0.39, 0.29) is 26.6 Å². The Labute approximate surface area is 58.6 Å². The SMILES string of the molecule is C#CC(=[CH-])C=[CH-].[W+2]. The second-order valence-electron chi connectivity index (χ2n) is 0.766. The minimum atomic E-state index is 0. The van der Waals surface area contributed by atoms with Crippen LogP contribution in [0.2, 0.25) is 0 Å². The average molecular weight is 260 g/mol. The minimum absolute atomic E-state index is 0. The monoisotopic (exact) mass is 260 g/mol. The van der Waals surface area contributed by atoms with E-state index in [4.69, 9.17) is 19.6 Å². The summed E-state index contributed by atoms with van der Waals surface area (Å²) in [5.74, 6) is 2.13. The first-order chi connectivity index (χ1) is 2.81. The van der Waals surface area contributed by atoms with Crippen LogP contribution < -0.4 is 0 Å². The molecule has 1 heteroatoms. The number of terminal acetylenes is 1. The van der Waals surface area contributed by atoms with Gasteiger partial charge in [0.25, 0.3) is 0 Å². The van der Waals surface area contributed by atoms with E-state index in [0.717, 1.165) is 0 Å². The summed E-state index contributed by atoms with van der Waals surface area (Å²) in [6, 6.07) is 0. The van der Waals surface area contributed by atoms with Gasteiger partial charge in [-0.2, -0.15) is 0 Å². The Bertz CT molecular complexity index is 106. The second-order valence-corrected chi connectivity index (χ2v) is 0.766. The second kappa shape index (κ2) is 5.73. The molecule has 0 saturated heterocycles. The van der Waals surface area contributed by atoms with Crippen LogP contribution in [0, 0.1) is 25.5 Å². The molecule has 0 nitrogen and oxygen atoms in total. The van der Waals surface area contributed by atoms with Gasteiger partial charge in [-0.25, -0.2) is 6.42 Å². The van der Waals surface area contributed by atoms with E-state index in [1.165, 1.54) is 6.08 Å². The zero-order valence-corrected chi connectivity index (χ0v) is 6.65. The fourth-order valence-corrected chi connectivity index (χ4v) is 0.0481. The van der Waals surface area contributed by atoms with E-state index >= 15 is 0 Å². The summed E-state index contributed by atoms with van der Waals surface area (Å²) in [6.07, 6.45) is 5.94. The molecular weight excluding hydrogens is 256 g/mol.